The van der Waals surface area contributed by atoms with E-state index in [0.717, 1.165) is 22.5 Å². The molecule has 1 atom stereocenters. The first-order valence-electron chi connectivity index (χ1n) is 8.92. The van der Waals surface area contributed by atoms with E-state index in [1.54, 1.807) is 36.6 Å². The van der Waals surface area contributed by atoms with Crippen LogP contribution < -0.4 is 10.6 Å². The van der Waals surface area contributed by atoms with E-state index >= 15 is 0 Å². The van der Waals surface area contributed by atoms with Gasteiger partial charge in [-0.1, -0.05) is 30.3 Å². The Kier molecular flexibility index (Phi) is 5.91. The zero-order valence-corrected chi connectivity index (χ0v) is 15.7. The molecule has 0 aliphatic rings. The van der Waals surface area contributed by atoms with Gasteiger partial charge >= 0.3 is 11.8 Å². The van der Waals surface area contributed by atoms with Crippen molar-refractivity contribution < 1.29 is 19.1 Å². The highest BCUT2D eigenvalue weighted by Gasteiger charge is 2.16. The molecular weight excluding hydrogens is 356 g/mol. The number of hydrogen-bond donors (Lipinski definition) is 3. The van der Waals surface area contributed by atoms with Crippen LogP contribution in [0.3, 0.4) is 0 Å². The van der Waals surface area contributed by atoms with Gasteiger partial charge in [-0.3, -0.25) is 9.59 Å². The van der Waals surface area contributed by atoms with Gasteiger partial charge in [-0.05, 0) is 54.8 Å². The van der Waals surface area contributed by atoms with Crippen LogP contribution in [0.25, 0.3) is 11.3 Å². The summed E-state index contributed by atoms with van der Waals surface area (Å²) < 4.78 is 5.32. The molecule has 3 aromatic rings. The SMILES string of the molecule is Cc1ccc(NC(=O)C(=O)NCC(O)c2ccc(-c3ccco3)cc2)cc1C. The molecule has 0 saturated carbocycles. The third-order valence-corrected chi connectivity index (χ3v) is 4.53. The van der Waals surface area contributed by atoms with Gasteiger partial charge in [0.2, 0.25) is 0 Å². The first-order valence-corrected chi connectivity index (χ1v) is 8.92. The summed E-state index contributed by atoms with van der Waals surface area (Å²) in [5.41, 5.74) is 4.19. The first-order chi connectivity index (χ1) is 13.4. The van der Waals surface area contributed by atoms with Gasteiger partial charge in [0, 0.05) is 17.8 Å². The zero-order valence-electron chi connectivity index (χ0n) is 15.7. The lowest BCUT2D eigenvalue weighted by Crippen LogP contribution is -2.37. The number of aryl methyl sites for hydroxylation is 2. The number of hydrogen-bond acceptors (Lipinski definition) is 4. The van der Waals surface area contributed by atoms with Crippen LogP contribution in [0.1, 0.15) is 22.8 Å². The van der Waals surface area contributed by atoms with Gasteiger partial charge in [0.15, 0.2) is 0 Å². The van der Waals surface area contributed by atoms with Crippen LogP contribution in [-0.4, -0.2) is 23.5 Å². The van der Waals surface area contributed by atoms with Gasteiger partial charge in [-0.15, -0.1) is 0 Å². The molecule has 144 valence electrons. The van der Waals surface area contributed by atoms with Crippen LogP contribution >= 0.6 is 0 Å². The van der Waals surface area contributed by atoms with Crippen molar-refractivity contribution in [1.82, 2.24) is 5.32 Å². The molecular formula is C22H22N2O4. The molecule has 1 aromatic heterocycles. The fourth-order valence-corrected chi connectivity index (χ4v) is 2.71. The number of rotatable bonds is 5. The van der Waals surface area contributed by atoms with Crippen molar-refractivity contribution >= 4 is 17.5 Å². The van der Waals surface area contributed by atoms with Gasteiger partial charge in [-0.25, -0.2) is 0 Å². The molecule has 0 spiro atoms. The van der Waals surface area contributed by atoms with Crippen molar-refractivity contribution in [2.24, 2.45) is 0 Å². The molecule has 6 nitrogen and oxygen atoms in total. The Balaban J connectivity index is 1.53. The van der Waals surface area contributed by atoms with Gasteiger partial charge in [0.05, 0.1) is 12.4 Å². The number of nitrogens with one attached hydrogen (secondary N) is 2. The van der Waals surface area contributed by atoms with E-state index in [4.69, 9.17) is 4.42 Å². The maximum atomic E-state index is 12.0. The predicted molar refractivity (Wildman–Crippen MR) is 107 cm³/mol. The lowest BCUT2D eigenvalue weighted by molar-refractivity contribution is -0.136. The number of carbonyl (C=O) groups excluding carboxylic acids is 2. The monoisotopic (exact) mass is 378 g/mol. The molecule has 2 amide bonds. The van der Waals surface area contributed by atoms with Gasteiger partial charge in [0.25, 0.3) is 0 Å². The zero-order chi connectivity index (χ0) is 20.1. The minimum absolute atomic E-state index is 0.0702. The van der Waals surface area contributed by atoms with E-state index in [9.17, 15) is 14.7 Å². The molecule has 1 unspecified atom stereocenters. The molecule has 2 aromatic carbocycles. The third-order valence-electron chi connectivity index (χ3n) is 4.53. The van der Waals surface area contributed by atoms with Crippen molar-refractivity contribution in [1.29, 1.82) is 0 Å². The first kappa shape index (κ1) is 19.4. The lowest BCUT2D eigenvalue weighted by Gasteiger charge is -2.13. The average molecular weight is 378 g/mol. The third kappa shape index (κ3) is 4.66. The summed E-state index contributed by atoms with van der Waals surface area (Å²) >= 11 is 0. The summed E-state index contributed by atoms with van der Waals surface area (Å²) in [6.45, 7) is 3.83. The highest BCUT2D eigenvalue weighted by molar-refractivity contribution is 6.39. The molecule has 0 fully saturated rings. The summed E-state index contributed by atoms with van der Waals surface area (Å²) in [7, 11) is 0. The fourth-order valence-electron chi connectivity index (χ4n) is 2.71. The Morgan fingerprint density at radius 3 is 2.39 bits per heavy atom. The molecule has 0 saturated heterocycles. The molecule has 1 heterocycles. The molecule has 3 rings (SSSR count). The van der Waals surface area contributed by atoms with Crippen LogP contribution in [0.4, 0.5) is 5.69 Å². The van der Waals surface area contributed by atoms with E-state index in [-0.39, 0.29) is 6.54 Å². The molecule has 0 aliphatic carbocycles. The largest absolute Gasteiger partial charge is 0.464 e. The number of carbonyl (C=O) groups is 2. The van der Waals surface area contributed by atoms with Crippen molar-refractivity contribution in [2.45, 2.75) is 20.0 Å². The molecule has 28 heavy (non-hydrogen) atoms. The summed E-state index contributed by atoms with van der Waals surface area (Å²) in [6.07, 6.45) is 0.667. The second-order valence-corrected chi connectivity index (χ2v) is 6.58. The summed E-state index contributed by atoms with van der Waals surface area (Å²) in [5.74, 6) is -0.842. The minimum Gasteiger partial charge on any atom is -0.464 e. The number of furan rings is 1. The Morgan fingerprint density at radius 1 is 1.00 bits per heavy atom. The normalized spacial score (nSPS) is 11.7. The maximum absolute atomic E-state index is 12.0. The molecule has 6 heteroatoms. The quantitative estimate of drug-likeness (QED) is 0.594. The summed E-state index contributed by atoms with van der Waals surface area (Å²) in [4.78, 5) is 24.0. The van der Waals surface area contributed by atoms with E-state index < -0.39 is 17.9 Å². The number of aliphatic hydroxyl groups is 1. The van der Waals surface area contributed by atoms with E-state index in [0.29, 0.717) is 11.3 Å². The fraction of sp³-hybridized carbons (Fsp3) is 0.182. The van der Waals surface area contributed by atoms with Gasteiger partial charge in [-0.2, -0.15) is 0 Å². The highest BCUT2D eigenvalue weighted by atomic mass is 16.3. The molecule has 0 radical (unpaired) electrons. The smallest absolute Gasteiger partial charge is 0.313 e. The summed E-state index contributed by atoms with van der Waals surface area (Å²) in [6, 6.07) is 16.2. The molecule has 0 bridgehead atoms. The van der Waals surface area contributed by atoms with Crippen molar-refractivity contribution in [3.05, 3.63) is 77.6 Å². The Morgan fingerprint density at radius 2 is 1.75 bits per heavy atom. The maximum Gasteiger partial charge on any atom is 0.313 e. The predicted octanol–water partition coefficient (Wildman–Crippen LogP) is 3.35. The van der Waals surface area contributed by atoms with Crippen LogP contribution in [0.2, 0.25) is 0 Å². The van der Waals surface area contributed by atoms with Crippen LogP contribution in [-0.2, 0) is 9.59 Å². The van der Waals surface area contributed by atoms with Gasteiger partial charge < -0.3 is 20.2 Å². The van der Waals surface area contributed by atoms with Crippen molar-refractivity contribution in [3.8, 4) is 11.3 Å². The standard InChI is InChI=1S/C22H22N2O4/c1-14-5-10-18(12-15(14)2)24-22(27)21(26)23-13-19(25)16-6-8-17(9-7-16)20-4-3-11-28-20/h3-12,19,25H,13H2,1-2H3,(H,23,26)(H,24,27). The number of amides is 2. The topological polar surface area (TPSA) is 91.6 Å². The van der Waals surface area contributed by atoms with Crippen LogP contribution in [0.5, 0.6) is 0 Å². The second kappa shape index (κ2) is 8.54. The Hall–Kier alpha value is -3.38. The number of aliphatic hydroxyl groups excluding tert-OH is 1. The van der Waals surface area contributed by atoms with Crippen molar-refractivity contribution in [2.75, 3.05) is 11.9 Å². The van der Waals surface area contributed by atoms with E-state index in [2.05, 4.69) is 10.6 Å². The second-order valence-electron chi connectivity index (χ2n) is 6.58. The number of anilines is 1. The Bertz CT molecular complexity index is 963. The minimum atomic E-state index is -0.927. The average Bonchev–Trinajstić information content (AvgIpc) is 3.23. The molecule has 0 aliphatic heterocycles. The van der Waals surface area contributed by atoms with E-state index in [1.807, 2.05) is 38.1 Å². The van der Waals surface area contributed by atoms with Gasteiger partial charge in [0.1, 0.15) is 5.76 Å². The van der Waals surface area contributed by atoms with Crippen molar-refractivity contribution in [3.63, 3.8) is 0 Å². The van der Waals surface area contributed by atoms with Crippen LogP contribution in [0.15, 0.2) is 65.3 Å². The lowest BCUT2D eigenvalue weighted by atomic mass is 10.1. The van der Waals surface area contributed by atoms with Crippen LogP contribution in [0, 0.1) is 13.8 Å². The Labute approximate surface area is 163 Å². The summed E-state index contributed by atoms with van der Waals surface area (Å²) in [5, 5.41) is 15.3. The van der Waals surface area contributed by atoms with E-state index in [1.165, 1.54) is 0 Å². The number of benzene rings is 2. The molecule has 3 N–H and O–H groups in total. The highest BCUT2D eigenvalue weighted by Crippen LogP contribution is 2.22.